The Morgan fingerprint density at radius 3 is 2.62 bits per heavy atom. The van der Waals surface area contributed by atoms with Crippen LogP contribution in [-0.2, 0) is 23.0 Å². The van der Waals surface area contributed by atoms with Crippen molar-refractivity contribution in [1.82, 2.24) is 20.0 Å². The van der Waals surface area contributed by atoms with Gasteiger partial charge in [-0.3, -0.25) is 14.4 Å². The third-order valence-corrected chi connectivity index (χ3v) is 8.42. The summed E-state index contributed by atoms with van der Waals surface area (Å²) in [4.78, 5) is 28.1. The number of ether oxygens (including phenoxy) is 1. The van der Waals surface area contributed by atoms with Gasteiger partial charge < -0.3 is 10.1 Å². The molecule has 1 aliphatic heterocycles. The van der Waals surface area contributed by atoms with Crippen LogP contribution in [0.2, 0.25) is 0 Å². The predicted molar refractivity (Wildman–Crippen MR) is 143 cm³/mol. The monoisotopic (exact) mass is 529 g/mol. The van der Waals surface area contributed by atoms with Crippen molar-refractivity contribution in [2.45, 2.75) is 63.8 Å². The minimum Gasteiger partial charge on any atom is -0.444 e. The van der Waals surface area contributed by atoms with E-state index in [1.54, 1.807) is 42.6 Å². The van der Waals surface area contributed by atoms with E-state index >= 15 is 4.39 Å². The molecule has 0 spiro atoms. The highest BCUT2D eigenvalue weighted by Gasteiger charge is 2.67. The number of benzene rings is 2. The molecule has 1 aromatic heterocycles. The molecule has 9 heteroatoms. The van der Waals surface area contributed by atoms with Gasteiger partial charge in [0.2, 0.25) is 5.91 Å². The molecule has 2 saturated carbocycles. The number of nitrogens with one attached hydrogen (secondary N) is 1. The number of hydrogen-bond acceptors (Lipinski definition) is 5. The number of carbonyl (C=O) groups excluding carboxylic acids is 2. The lowest BCUT2D eigenvalue weighted by Crippen LogP contribution is -2.56. The maximum absolute atomic E-state index is 15.2. The molecule has 6 unspecified atom stereocenters. The molecule has 2 aliphatic carbocycles. The van der Waals surface area contributed by atoms with Crippen LogP contribution in [0, 0.1) is 34.9 Å². The Hall–Kier alpha value is -3.93. The van der Waals surface area contributed by atoms with Gasteiger partial charge in [-0.05, 0) is 80.2 Å². The van der Waals surface area contributed by atoms with E-state index in [1.165, 1.54) is 6.07 Å². The number of aromatic nitrogens is 2. The Labute approximate surface area is 226 Å². The lowest BCUT2D eigenvalue weighted by Gasteiger charge is -2.35. The summed E-state index contributed by atoms with van der Waals surface area (Å²) in [6.45, 7) is 5.41. The molecule has 6 atom stereocenters. The molecule has 39 heavy (non-hydrogen) atoms. The Balaban J connectivity index is 1.17. The molecular weight excluding hydrogens is 497 g/mol. The average Bonchev–Trinajstić information content (AvgIpc) is 3.31. The second-order valence-corrected chi connectivity index (χ2v) is 12.1. The molecule has 8 nitrogen and oxygen atoms in total. The second kappa shape index (κ2) is 9.08. The number of piperidine rings is 1. The minimum atomic E-state index is -0.932. The van der Waals surface area contributed by atoms with Gasteiger partial charge >= 0.3 is 6.09 Å². The smallest absolute Gasteiger partial charge is 0.411 e. The van der Waals surface area contributed by atoms with Gasteiger partial charge in [-0.1, -0.05) is 24.3 Å². The van der Waals surface area contributed by atoms with Gasteiger partial charge in [0, 0.05) is 24.9 Å². The van der Waals surface area contributed by atoms with Crippen molar-refractivity contribution in [2.75, 3.05) is 0 Å². The number of aryl methyl sites for hydroxylation is 1. The summed E-state index contributed by atoms with van der Waals surface area (Å²) >= 11 is 0. The number of nitrogens with zero attached hydrogens (tertiary/aromatic N) is 4. The fourth-order valence-corrected chi connectivity index (χ4v) is 6.60. The number of likely N-dealkylation sites (tertiary alicyclic amines) is 1. The summed E-state index contributed by atoms with van der Waals surface area (Å²) in [5, 5.41) is 17.9. The standard InChI is InChI=1S/C30H32FN5O3/c1-30(2,3)39-29(38)36-26-13-23(21-12-22(21)26)27(36)28(37)34-20(14-32)9-18-7-5-16(10-24(18)31)17-6-8-19-15-33-35(4)25(19)11-17/h5-8,10-11,15,20-23,26-27H,9,12-13H2,1-4H3,(H,34,37). The summed E-state index contributed by atoms with van der Waals surface area (Å²) in [5.41, 5.74) is 2.18. The quantitative estimate of drug-likeness (QED) is 0.522. The number of amides is 2. The Bertz CT molecular complexity index is 1520. The molecule has 3 fully saturated rings. The van der Waals surface area contributed by atoms with Crippen LogP contribution in [0.25, 0.3) is 22.0 Å². The number of rotatable bonds is 5. The van der Waals surface area contributed by atoms with Crippen molar-refractivity contribution in [3.05, 3.63) is 54.0 Å². The van der Waals surface area contributed by atoms with Gasteiger partial charge in [0.1, 0.15) is 23.5 Å². The summed E-state index contributed by atoms with van der Waals surface area (Å²) in [5.74, 6) is 0.139. The number of carbonyl (C=O) groups is 2. The average molecular weight is 530 g/mol. The maximum Gasteiger partial charge on any atom is 0.411 e. The predicted octanol–water partition coefficient (Wildman–Crippen LogP) is 4.57. The van der Waals surface area contributed by atoms with Crippen LogP contribution in [0.4, 0.5) is 9.18 Å². The van der Waals surface area contributed by atoms with Crippen LogP contribution in [0.15, 0.2) is 42.6 Å². The van der Waals surface area contributed by atoms with Crippen molar-refractivity contribution in [2.24, 2.45) is 24.8 Å². The first-order chi connectivity index (χ1) is 18.5. The summed E-state index contributed by atoms with van der Waals surface area (Å²) in [7, 11) is 1.86. The first-order valence-corrected chi connectivity index (χ1v) is 13.5. The van der Waals surface area contributed by atoms with Crippen molar-refractivity contribution in [3.8, 4) is 17.2 Å². The fourth-order valence-electron chi connectivity index (χ4n) is 6.60. The van der Waals surface area contributed by atoms with Crippen molar-refractivity contribution in [1.29, 1.82) is 5.26 Å². The molecule has 3 aromatic rings. The molecule has 0 radical (unpaired) electrons. The van der Waals surface area contributed by atoms with E-state index in [0.717, 1.165) is 29.3 Å². The van der Waals surface area contributed by atoms with Crippen molar-refractivity contribution in [3.63, 3.8) is 0 Å². The zero-order valence-electron chi connectivity index (χ0n) is 22.5. The molecule has 2 amide bonds. The van der Waals surface area contributed by atoms with Gasteiger partial charge in [0.25, 0.3) is 0 Å². The molecule has 3 aliphatic rings. The van der Waals surface area contributed by atoms with E-state index in [2.05, 4.69) is 16.5 Å². The molecule has 1 N–H and O–H groups in total. The van der Waals surface area contributed by atoms with E-state index in [-0.39, 0.29) is 24.3 Å². The SMILES string of the molecule is Cn1ncc2ccc(-c3ccc(CC(C#N)NC(=O)C4C5CC(C6CC65)N4C(=O)OC(C)(C)C)c(F)c3)cc21. The molecule has 2 bridgehead atoms. The first kappa shape index (κ1) is 25.4. The van der Waals surface area contributed by atoms with E-state index in [1.807, 2.05) is 31.3 Å². The van der Waals surface area contributed by atoms with Crippen LogP contribution < -0.4 is 5.32 Å². The number of halogens is 1. The Morgan fingerprint density at radius 2 is 1.90 bits per heavy atom. The largest absolute Gasteiger partial charge is 0.444 e. The van der Waals surface area contributed by atoms with Gasteiger partial charge in [-0.2, -0.15) is 10.4 Å². The number of hydrogen-bond donors (Lipinski definition) is 1. The Kier molecular flexibility index (Phi) is 5.90. The van der Waals surface area contributed by atoms with E-state index in [4.69, 9.17) is 4.74 Å². The molecule has 202 valence electrons. The van der Waals surface area contributed by atoms with Gasteiger partial charge in [0.15, 0.2) is 0 Å². The third-order valence-electron chi connectivity index (χ3n) is 8.42. The second-order valence-electron chi connectivity index (χ2n) is 12.1. The molecule has 1 saturated heterocycles. The highest BCUT2D eigenvalue weighted by atomic mass is 19.1. The fraction of sp³-hybridized carbons (Fsp3) is 0.467. The van der Waals surface area contributed by atoms with E-state index in [9.17, 15) is 14.9 Å². The summed E-state index contributed by atoms with van der Waals surface area (Å²) in [6.07, 6.45) is 3.12. The normalized spacial score (nSPS) is 25.7. The van der Waals surface area contributed by atoms with E-state index < -0.39 is 29.6 Å². The molecular formula is C30H32FN5O3. The molecule has 2 aromatic carbocycles. The van der Waals surface area contributed by atoms with Gasteiger partial charge in [-0.25, -0.2) is 9.18 Å². The summed E-state index contributed by atoms with van der Waals surface area (Å²) in [6, 6.07) is 11.3. The van der Waals surface area contributed by atoms with Crippen molar-refractivity contribution >= 4 is 22.9 Å². The molecule has 2 heterocycles. The number of nitriles is 1. The Morgan fingerprint density at radius 1 is 1.15 bits per heavy atom. The van der Waals surface area contributed by atoms with Crippen LogP contribution in [0.3, 0.4) is 0 Å². The van der Waals surface area contributed by atoms with Crippen LogP contribution >= 0.6 is 0 Å². The zero-order chi connectivity index (χ0) is 27.6. The van der Waals surface area contributed by atoms with Crippen LogP contribution in [0.5, 0.6) is 0 Å². The highest BCUT2D eigenvalue weighted by Crippen LogP contribution is 2.63. The summed E-state index contributed by atoms with van der Waals surface area (Å²) < 4.78 is 22.6. The van der Waals surface area contributed by atoms with Crippen LogP contribution in [-0.4, -0.2) is 50.4 Å². The number of fused-ring (bicyclic) bond motifs is 6. The lowest BCUT2D eigenvalue weighted by molar-refractivity contribution is -0.128. The minimum absolute atomic E-state index is 0.00157. The van der Waals surface area contributed by atoms with E-state index in [0.29, 0.717) is 23.0 Å². The lowest BCUT2D eigenvalue weighted by atomic mass is 9.95. The van der Waals surface area contributed by atoms with Gasteiger partial charge in [-0.15, -0.1) is 0 Å². The van der Waals surface area contributed by atoms with Crippen molar-refractivity contribution < 1.29 is 18.7 Å². The topological polar surface area (TPSA) is 100 Å². The maximum atomic E-state index is 15.2. The third kappa shape index (κ3) is 4.52. The zero-order valence-corrected chi connectivity index (χ0v) is 22.5. The van der Waals surface area contributed by atoms with Gasteiger partial charge in [0.05, 0.1) is 17.8 Å². The molecule has 6 rings (SSSR count). The highest BCUT2D eigenvalue weighted by molar-refractivity contribution is 5.88. The van der Waals surface area contributed by atoms with Crippen LogP contribution in [0.1, 0.15) is 39.2 Å². The first-order valence-electron chi connectivity index (χ1n) is 13.5.